The molecule has 1 heterocycles. The number of benzene rings is 1. The van der Waals surface area contributed by atoms with Gasteiger partial charge in [-0.3, -0.25) is 4.99 Å². The van der Waals surface area contributed by atoms with Crippen LogP contribution in [0.1, 0.15) is 44.6 Å². The minimum atomic E-state index is 0.274. The van der Waals surface area contributed by atoms with Gasteiger partial charge in [-0.15, -0.1) is 0 Å². The van der Waals surface area contributed by atoms with Crippen LogP contribution in [-0.4, -0.2) is 62.3 Å². The van der Waals surface area contributed by atoms with E-state index in [0.29, 0.717) is 5.75 Å². The highest BCUT2D eigenvalue weighted by molar-refractivity contribution is 5.79. The number of nitrogens with zero attached hydrogens (tertiary/aromatic N) is 2. The predicted molar refractivity (Wildman–Crippen MR) is 112 cm³/mol. The van der Waals surface area contributed by atoms with E-state index in [1.54, 1.807) is 13.2 Å². The van der Waals surface area contributed by atoms with Crippen molar-refractivity contribution in [3.63, 3.8) is 0 Å². The van der Waals surface area contributed by atoms with Gasteiger partial charge in [0, 0.05) is 25.7 Å². The fourth-order valence-corrected chi connectivity index (χ4v) is 3.38. The zero-order chi connectivity index (χ0) is 19.3. The van der Waals surface area contributed by atoms with Gasteiger partial charge in [-0.25, -0.2) is 0 Å². The molecule has 1 aliphatic rings. The summed E-state index contributed by atoms with van der Waals surface area (Å²) in [7, 11) is 1.60. The summed E-state index contributed by atoms with van der Waals surface area (Å²) in [6.07, 6.45) is 7.26. The average Bonchev–Trinajstić information content (AvgIpc) is 2.95. The molecule has 27 heavy (non-hydrogen) atoms. The maximum absolute atomic E-state index is 10.0. The summed E-state index contributed by atoms with van der Waals surface area (Å²) in [5.74, 6) is 1.79. The highest BCUT2D eigenvalue weighted by Gasteiger charge is 2.08. The second-order valence-electron chi connectivity index (χ2n) is 7.04. The zero-order valence-corrected chi connectivity index (χ0v) is 17.0. The summed E-state index contributed by atoms with van der Waals surface area (Å²) in [5.41, 5.74) is 0.903. The second-order valence-corrected chi connectivity index (χ2v) is 7.04. The third-order valence-electron chi connectivity index (χ3n) is 4.92. The number of hydrogen-bond acceptors (Lipinski definition) is 4. The molecule has 0 spiro atoms. The largest absolute Gasteiger partial charge is 0.508 e. The lowest BCUT2D eigenvalue weighted by atomic mass is 10.1. The Hall–Kier alpha value is -1.95. The smallest absolute Gasteiger partial charge is 0.191 e. The van der Waals surface area contributed by atoms with Gasteiger partial charge >= 0.3 is 0 Å². The quantitative estimate of drug-likeness (QED) is 0.351. The maximum Gasteiger partial charge on any atom is 0.191 e. The number of hydrogen-bond donors (Lipinski definition) is 3. The number of phenolic OH excluding ortho intramolecular Hbond substituents is 1. The lowest BCUT2D eigenvalue weighted by molar-refractivity contribution is 0.283. The minimum Gasteiger partial charge on any atom is -0.508 e. The van der Waals surface area contributed by atoms with Gasteiger partial charge in [-0.2, -0.15) is 0 Å². The van der Waals surface area contributed by atoms with Crippen LogP contribution < -0.4 is 15.4 Å². The summed E-state index contributed by atoms with van der Waals surface area (Å²) in [5, 5.41) is 16.7. The van der Waals surface area contributed by atoms with Crippen LogP contribution in [0.3, 0.4) is 0 Å². The number of phenols is 1. The molecule has 0 radical (unpaired) electrons. The highest BCUT2D eigenvalue weighted by Crippen LogP contribution is 2.23. The van der Waals surface area contributed by atoms with Crippen molar-refractivity contribution in [3.05, 3.63) is 23.8 Å². The Morgan fingerprint density at radius 2 is 1.96 bits per heavy atom. The Morgan fingerprint density at radius 1 is 1.19 bits per heavy atom. The molecule has 1 aromatic carbocycles. The minimum absolute atomic E-state index is 0.274. The van der Waals surface area contributed by atoms with Crippen LogP contribution in [0.25, 0.3) is 0 Å². The number of aromatic hydroxyl groups is 1. The van der Waals surface area contributed by atoms with Crippen LogP contribution in [0, 0.1) is 0 Å². The van der Waals surface area contributed by atoms with E-state index < -0.39 is 0 Å². The van der Waals surface area contributed by atoms with Crippen LogP contribution in [0.5, 0.6) is 11.5 Å². The first-order valence-electron chi connectivity index (χ1n) is 10.3. The van der Waals surface area contributed by atoms with E-state index in [9.17, 15) is 5.11 Å². The van der Waals surface area contributed by atoms with Gasteiger partial charge < -0.3 is 25.4 Å². The molecular formula is C21H36N4O2. The van der Waals surface area contributed by atoms with Crippen LogP contribution in [0.2, 0.25) is 0 Å². The molecule has 1 aromatic rings. The number of likely N-dealkylation sites (tertiary alicyclic amines) is 1. The first-order chi connectivity index (χ1) is 13.2. The Kier molecular flexibility index (Phi) is 9.84. The van der Waals surface area contributed by atoms with Gasteiger partial charge in [0.15, 0.2) is 5.96 Å². The number of rotatable bonds is 9. The van der Waals surface area contributed by atoms with Crippen molar-refractivity contribution in [1.82, 2.24) is 15.5 Å². The fourth-order valence-electron chi connectivity index (χ4n) is 3.38. The fraction of sp³-hybridized carbons (Fsp3) is 0.667. The molecule has 1 saturated heterocycles. The molecule has 6 heteroatoms. The van der Waals surface area contributed by atoms with Crippen molar-refractivity contribution in [2.75, 3.05) is 46.4 Å². The highest BCUT2D eigenvalue weighted by atomic mass is 16.5. The lowest BCUT2D eigenvalue weighted by Gasteiger charge is -2.19. The average molecular weight is 377 g/mol. The summed E-state index contributed by atoms with van der Waals surface area (Å²) in [6.45, 7) is 8.09. The van der Waals surface area contributed by atoms with Gasteiger partial charge in [-0.1, -0.05) is 18.9 Å². The molecule has 3 N–H and O–H groups in total. The molecular weight excluding hydrogens is 340 g/mol. The van der Waals surface area contributed by atoms with E-state index in [-0.39, 0.29) is 5.75 Å². The van der Waals surface area contributed by atoms with Crippen LogP contribution in [0.15, 0.2) is 23.2 Å². The van der Waals surface area contributed by atoms with Gasteiger partial charge in [-0.05, 0) is 63.9 Å². The van der Waals surface area contributed by atoms with Crippen molar-refractivity contribution < 1.29 is 9.84 Å². The lowest BCUT2D eigenvalue weighted by Crippen LogP contribution is -2.38. The normalized spacial score (nSPS) is 16.0. The number of nitrogens with one attached hydrogen (secondary N) is 2. The zero-order valence-electron chi connectivity index (χ0n) is 17.0. The molecule has 0 bridgehead atoms. The molecule has 1 fully saturated rings. The molecule has 0 atom stereocenters. The van der Waals surface area contributed by atoms with Crippen molar-refractivity contribution in [3.8, 4) is 11.5 Å². The molecule has 0 aromatic heterocycles. The van der Waals surface area contributed by atoms with E-state index in [2.05, 4.69) is 27.4 Å². The Balaban J connectivity index is 1.72. The first kappa shape index (κ1) is 21.4. The Morgan fingerprint density at radius 3 is 2.63 bits per heavy atom. The number of aliphatic imine (C=N–C) groups is 1. The topological polar surface area (TPSA) is 69.1 Å². The summed E-state index contributed by atoms with van der Waals surface area (Å²) in [4.78, 5) is 7.27. The van der Waals surface area contributed by atoms with Gasteiger partial charge in [0.2, 0.25) is 0 Å². The summed E-state index contributed by atoms with van der Waals surface area (Å²) >= 11 is 0. The van der Waals surface area contributed by atoms with Crippen molar-refractivity contribution in [2.24, 2.45) is 4.99 Å². The molecule has 0 amide bonds. The Bertz CT molecular complexity index is 569. The van der Waals surface area contributed by atoms with Crippen molar-refractivity contribution >= 4 is 5.96 Å². The van der Waals surface area contributed by atoms with E-state index in [1.807, 2.05) is 12.1 Å². The number of guanidine groups is 1. The number of methoxy groups -OCH3 is 1. The van der Waals surface area contributed by atoms with Crippen LogP contribution in [0.4, 0.5) is 0 Å². The standard InChI is InChI=1S/C21H36N4O2/c1-3-22-21(23-12-8-16-25-14-6-4-5-7-15-25)24-13-11-18-9-10-19(27-2)17-20(18)26/h9-10,17,26H,3-8,11-16H2,1-2H3,(H2,22,23,24). The molecule has 6 nitrogen and oxygen atoms in total. The van der Waals surface area contributed by atoms with Gasteiger partial charge in [0.05, 0.1) is 7.11 Å². The molecule has 152 valence electrons. The molecule has 0 unspecified atom stereocenters. The third-order valence-corrected chi connectivity index (χ3v) is 4.92. The van der Waals surface area contributed by atoms with Gasteiger partial charge in [0.1, 0.15) is 11.5 Å². The van der Waals surface area contributed by atoms with E-state index in [1.165, 1.54) is 38.8 Å². The maximum atomic E-state index is 10.0. The summed E-state index contributed by atoms with van der Waals surface area (Å²) in [6, 6.07) is 5.43. The second kappa shape index (κ2) is 12.4. The SMILES string of the molecule is CCNC(=NCCCN1CCCCCC1)NCCc1ccc(OC)cc1O. The van der Waals surface area contributed by atoms with Crippen molar-refractivity contribution in [1.29, 1.82) is 0 Å². The molecule has 0 saturated carbocycles. The van der Waals surface area contributed by atoms with E-state index in [4.69, 9.17) is 4.74 Å². The van der Waals surface area contributed by atoms with Crippen LogP contribution in [-0.2, 0) is 6.42 Å². The summed E-state index contributed by atoms with van der Waals surface area (Å²) < 4.78 is 5.12. The van der Waals surface area contributed by atoms with E-state index >= 15 is 0 Å². The monoisotopic (exact) mass is 376 g/mol. The molecule has 2 rings (SSSR count). The third kappa shape index (κ3) is 8.08. The van der Waals surface area contributed by atoms with E-state index in [0.717, 1.165) is 50.5 Å². The van der Waals surface area contributed by atoms with Gasteiger partial charge in [0.25, 0.3) is 0 Å². The molecule has 1 aliphatic heterocycles. The molecule has 0 aliphatic carbocycles. The van der Waals surface area contributed by atoms with Crippen molar-refractivity contribution in [2.45, 2.75) is 45.4 Å². The van der Waals surface area contributed by atoms with Crippen LogP contribution >= 0.6 is 0 Å². The first-order valence-corrected chi connectivity index (χ1v) is 10.3. The Labute approximate surface area is 164 Å². The number of ether oxygens (including phenoxy) is 1. The predicted octanol–water partition coefficient (Wildman–Crippen LogP) is 2.76.